The number of amides is 1. The molecule has 0 saturated heterocycles. The Morgan fingerprint density at radius 1 is 1.39 bits per heavy atom. The molecule has 0 aliphatic heterocycles. The van der Waals surface area contributed by atoms with Gasteiger partial charge in [-0.25, -0.2) is 0 Å². The molecule has 2 aromatic rings. The molecule has 0 saturated carbocycles. The van der Waals surface area contributed by atoms with Crippen LogP contribution < -0.4 is 11.1 Å². The summed E-state index contributed by atoms with van der Waals surface area (Å²) in [5, 5.41) is 10.4. The van der Waals surface area contributed by atoms with Crippen molar-refractivity contribution < 1.29 is 9.63 Å². The average Bonchev–Trinajstić information content (AvgIpc) is 3.03. The first-order valence-corrected chi connectivity index (χ1v) is 8.30. The Hall–Kier alpha value is -2.34. The number of carbonyl (C=O) groups excluding carboxylic acids is 1. The Labute approximate surface area is 140 Å². The highest BCUT2D eigenvalue weighted by Gasteiger charge is 2.12. The van der Waals surface area contributed by atoms with Crippen LogP contribution >= 0.6 is 11.3 Å². The topological polar surface area (TPSA) is 76.7 Å². The number of carbonyl (C=O) groups is 1. The summed E-state index contributed by atoms with van der Waals surface area (Å²) in [5.41, 5.74) is 9.51. The molecule has 0 unspecified atom stereocenters. The Bertz CT molecular complexity index is 694. The number of nitrogens with zero attached hydrogens (tertiary/aromatic N) is 1. The van der Waals surface area contributed by atoms with E-state index in [0.717, 1.165) is 22.4 Å². The van der Waals surface area contributed by atoms with E-state index in [0.29, 0.717) is 5.92 Å². The number of anilines is 1. The molecule has 0 bridgehead atoms. The predicted molar refractivity (Wildman–Crippen MR) is 94.9 cm³/mol. The lowest BCUT2D eigenvalue weighted by Gasteiger charge is -2.16. The molecule has 0 aliphatic carbocycles. The summed E-state index contributed by atoms with van der Waals surface area (Å²) in [6.45, 7) is 5.96. The molecule has 0 spiro atoms. The average molecular weight is 331 g/mol. The molecular formula is C17H21N3O2S. The number of oxime groups is 1. The second-order valence-corrected chi connectivity index (χ2v) is 6.28. The second-order valence-electron chi connectivity index (χ2n) is 5.50. The van der Waals surface area contributed by atoms with Gasteiger partial charge < -0.3 is 15.9 Å². The molecule has 0 aliphatic rings. The fraction of sp³-hybridized carbons (Fsp3) is 0.294. The summed E-state index contributed by atoms with van der Waals surface area (Å²) < 4.78 is 0. The van der Waals surface area contributed by atoms with Crippen molar-refractivity contribution in [3.8, 4) is 0 Å². The van der Waals surface area contributed by atoms with Crippen molar-refractivity contribution in [2.45, 2.75) is 26.7 Å². The van der Waals surface area contributed by atoms with E-state index in [1.54, 1.807) is 0 Å². The van der Waals surface area contributed by atoms with Crippen LogP contribution in [0.25, 0.3) is 0 Å². The van der Waals surface area contributed by atoms with Crippen molar-refractivity contribution in [2.24, 2.45) is 10.9 Å². The van der Waals surface area contributed by atoms with Crippen molar-refractivity contribution in [1.29, 1.82) is 0 Å². The summed E-state index contributed by atoms with van der Waals surface area (Å²) in [6.07, 6.45) is 0. The fourth-order valence-corrected chi connectivity index (χ4v) is 2.79. The molecule has 23 heavy (non-hydrogen) atoms. The Kier molecular flexibility index (Phi) is 5.76. The number of benzene rings is 1. The molecule has 122 valence electrons. The maximum absolute atomic E-state index is 12.1. The van der Waals surface area contributed by atoms with Gasteiger partial charge in [0.2, 0.25) is 0 Å². The van der Waals surface area contributed by atoms with Crippen molar-refractivity contribution >= 4 is 28.8 Å². The maximum atomic E-state index is 12.1. The normalized spacial score (nSPS) is 11.6. The van der Waals surface area contributed by atoms with Gasteiger partial charge >= 0.3 is 0 Å². The first-order chi connectivity index (χ1) is 11.0. The van der Waals surface area contributed by atoms with Crippen LogP contribution in [0.15, 0.2) is 40.2 Å². The van der Waals surface area contributed by atoms with Gasteiger partial charge in [0, 0.05) is 16.6 Å². The van der Waals surface area contributed by atoms with Gasteiger partial charge in [-0.3, -0.25) is 4.79 Å². The van der Waals surface area contributed by atoms with Gasteiger partial charge in [-0.1, -0.05) is 37.2 Å². The highest BCUT2D eigenvalue weighted by atomic mass is 32.1. The van der Waals surface area contributed by atoms with E-state index in [1.165, 1.54) is 11.3 Å². The minimum atomic E-state index is -0.261. The lowest BCUT2D eigenvalue weighted by molar-refractivity contribution is -0.120. The summed E-state index contributed by atoms with van der Waals surface area (Å²) in [5.74, 6) is 0.319. The summed E-state index contributed by atoms with van der Waals surface area (Å²) in [4.78, 5) is 17.1. The number of rotatable bonds is 6. The molecule has 5 nitrogen and oxygen atoms in total. The quantitative estimate of drug-likeness (QED) is 0.483. The third-order valence-corrected chi connectivity index (χ3v) is 4.05. The SMILES string of the molecule is Cc1cccc(C(C)C)c1NC(=O)CO/N=C(\N)c1ccsc1. The monoisotopic (exact) mass is 331 g/mol. The van der Waals surface area contributed by atoms with Gasteiger partial charge in [0.1, 0.15) is 0 Å². The predicted octanol–water partition coefficient (Wildman–Crippen LogP) is 3.46. The molecule has 2 rings (SSSR count). The van der Waals surface area contributed by atoms with Crippen molar-refractivity contribution in [2.75, 3.05) is 11.9 Å². The molecule has 0 fully saturated rings. The van der Waals surface area contributed by atoms with Crippen molar-refractivity contribution in [1.82, 2.24) is 0 Å². The molecule has 3 N–H and O–H groups in total. The maximum Gasteiger partial charge on any atom is 0.265 e. The van der Waals surface area contributed by atoms with Crippen LogP contribution in [0, 0.1) is 6.92 Å². The van der Waals surface area contributed by atoms with Gasteiger partial charge in [0.15, 0.2) is 12.4 Å². The molecule has 0 radical (unpaired) electrons. The number of para-hydroxylation sites is 1. The van der Waals surface area contributed by atoms with Crippen molar-refractivity contribution in [3.05, 3.63) is 51.7 Å². The number of thiophene rings is 1. The number of hydrogen-bond donors (Lipinski definition) is 2. The lowest BCUT2D eigenvalue weighted by Crippen LogP contribution is -2.20. The molecule has 6 heteroatoms. The van der Waals surface area contributed by atoms with E-state index < -0.39 is 0 Å². The summed E-state index contributed by atoms with van der Waals surface area (Å²) in [7, 11) is 0. The van der Waals surface area contributed by atoms with Crippen LogP contribution in [0.3, 0.4) is 0 Å². The number of nitrogens with one attached hydrogen (secondary N) is 1. The number of amidine groups is 1. The standard InChI is InChI=1S/C17H21N3O2S/c1-11(2)14-6-4-5-12(3)16(14)19-15(21)9-22-20-17(18)13-7-8-23-10-13/h4-8,10-11H,9H2,1-3H3,(H2,18,20)(H,19,21). The van der Waals surface area contributed by atoms with E-state index in [4.69, 9.17) is 10.6 Å². The smallest absolute Gasteiger partial charge is 0.265 e. The molecule has 1 heterocycles. The Morgan fingerprint density at radius 3 is 2.83 bits per heavy atom. The second kappa shape index (κ2) is 7.78. The zero-order valence-corrected chi connectivity index (χ0v) is 14.3. The highest BCUT2D eigenvalue weighted by Crippen LogP contribution is 2.27. The third-order valence-electron chi connectivity index (χ3n) is 3.37. The number of nitrogens with two attached hydrogens (primary N) is 1. The minimum absolute atomic E-state index is 0.184. The number of aryl methyl sites for hydroxylation is 1. The van der Waals surface area contributed by atoms with Gasteiger partial charge in [0.25, 0.3) is 5.91 Å². The van der Waals surface area contributed by atoms with E-state index in [1.807, 2.05) is 41.9 Å². The highest BCUT2D eigenvalue weighted by molar-refractivity contribution is 7.08. The molecule has 1 aromatic carbocycles. The third kappa shape index (κ3) is 4.56. The summed E-state index contributed by atoms with van der Waals surface area (Å²) in [6, 6.07) is 7.81. The van der Waals surface area contributed by atoms with Crippen molar-refractivity contribution in [3.63, 3.8) is 0 Å². The van der Waals surface area contributed by atoms with Crippen LogP contribution in [0.4, 0.5) is 5.69 Å². The van der Waals surface area contributed by atoms with Gasteiger partial charge in [-0.15, -0.1) is 0 Å². The van der Waals surface area contributed by atoms with Gasteiger partial charge in [0.05, 0.1) is 0 Å². The van der Waals surface area contributed by atoms with E-state index >= 15 is 0 Å². The van der Waals surface area contributed by atoms with Crippen LogP contribution in [0.2, 0.25) is 0 Å². The van der Waals surface area contributed by atoms with Crippen LogP contribution in [-0.4, -0.2) is 18.3 Å². The largest absolute Gasteiger partial charge is 0.384 e. The molecule has 1 amide bonds. The number of hydrogen-bond acceptors (Lipinski definition) is 4. The Balaban J connectivity index is 1.97. The van der Waals surface area contributed by atoms with Crippen LogP contribution in [0.1, 0.15) is 36.5 Å². The molecule has 1 aromatic heterocycles. The van der Waals surface area contributed by atoms with E-state index in [-0.39, 0.29) is 18.3 Å². The van der Waals surface area contributed by atoms with E-state index in [2.05, 4.69) is 24.3 Å². The van der Waals surface area contributed by atoms with Crippen LogP contribution in [-0.2, 0) is 9.63 Å². The van der Waals surface area contributed by atoms with Gasteiger partial charge in [-0.05, 0) is 35.4 Å². The zero-order chi connectivity index (χ0) is 16.8. The lowest BCUT2D eigenvalue weighted by atomic mass is 9.98. The zero-order valence-electron chi connectivity index (χ0n) is 13.5. The van der Waals surface area contributed by atoms with Gasteiger partial charge in [-0.2, -0.15) is 11.3 Å². The molecular weight excluding hydrogens is 310 g/mol. The van der Waals surface area contributed by atoms with Crippen LogP contribution in [0.5, 0.6) is 0 Å². The Morgan fingerprint density at radius 2 is 2.17 bits per heavy atom. The van der Waals surface area contributed by atoms with E-state index in [9.17, 15) is 4.79 Å². The fourth-order valence-electron chi connectivity index (χ4n) is 2.14. The first-order valence-electron chi connectivity index (χ1n) is 7.36. The summed E-state index contributed by atoms with van der Waals surface area (Å²) >= 11 is 1.52. The molecule has 0 atom stereocenters. The minimum Gasteiger partial charge on any atom is -0.384 e. The first kappa shape index (κ1) is 17.0.